The third-order valence-corrected chi connectivity index (χ3v) is 3.29. The number of alkyl halides is 3. The van der Waals surface area contributed by atoms with Crippen molar-refractivity contribution in [1.29, 1.82) is 0 Å². The normalized spacial score (nSPS) is 16.7. The molecule has 1 aromatic rings. The maximum absolute atomic E-state index is 12.5. The van der Waals surface area contributed by atoms with Crippen LogP contribution in [0.25, 0.3) is 0 Å². The van der Waals surface area contributed by atoms with Gasteiger partial charge < -0.3 is 16.0 Å². The lowest BCUT2D eigenvalue weighted by molar-refractivity contribution is -0.141. The van der Waals surface area contributed by atoms with E-state index in [2.05, 4.69) is 20.3 Å². The van der Waals surface area contributed by atoms with E-state index in [1.165, 1.54) is 6.42 Å². The summed E-state index contributed by atoms with van der Waals surface area (Å²) in [6.45, 7) is 2.47. The maximum Gasteiger partial charge on any atom is 0.433 e. The highest BCUT2D eigenvalue weighted by atomic mass is 19.4. The first-order chi connectivity index (χ1) is 10.5. The van der Waals surface area contributed by atoms with Crippen molar-refractivity contribution in [2.45, 2.75) is 25.4 Å². The Kier molecular flexibility index (Phi) is 5.40. The molecule has 122 valence electrons. The van der Waals surface area contributed by atoms with Crippen LogP contribution in [0, 0.1) is 0 Å². The molecule has 0 radical (unpaired) electrons. The zero-order valence-electron chi connectivity index (χ0n) is 12.1. The molecule has 1 aliphatic heterocycles. The topological polar surface area (TPSA) is 79.4 Å². The van der Waals surface area contributed by atoms with Crippen molar-refractivity contribution in [3.8, 4) is 0 Å². The summed E-state index contributed by atoms with van der Waals surface area (Å²) in [6.07, 6.45) is 0.0110. The van der Waals surface area contributed by atoms with E-state index in [1.807, 2.05) is 4.90 Å². The third-order valence-electron chi connectivity index (χ3n) is 3.29. The molecule has 2 rings (SSSR count). The number of anilines is 1. The molecule has 6 nitrogen and oxygen atoms in total. The summed E-state index contributed by atoms with van der Waals surface area (Å²) in [7, 11) is 0. The zero-order valence-corrected chi connectivity index (χ0v) is 12.1. The van der Waals surface area contributed by atoms with E-state index < -0.39 is 11.9 Å². The van der Waals surface area contributed by atoms with Crippen LogP contribution in [0.2, 0.25) is 0 Å². The van der Waals surface area contributed by atoms with Gasteiger partial charge in [0.2, 0.25) is 5.95 Å². The number of nitrogens with two attached hydrogens (primary N) is 1. The highest BCUT2D eigenvalue weighted by Crippen LogP contribution is 2.27. The molecule has 0 amide bonds. The average molecular weight is 316 g/mol. The molecular formula is C13H19F3N6. The fraction of sp³-hybridized carbons (Fsp3) is 0.615. The number of hydrogen-bond acceptors (Lipinski definition) is 4. The minimum atomic E-state index is -4.48. The predicted molar refractivity (Wildman–Crippen MR) is 77.4 cm³/mol. The Bertz CT molecular complexity index is 511. The number of rotatable bonds is 4. The molecule has 1 aliphatic rings. The van der Waals surface area contributed by atoms with E-state index in [9.17, 15) is 13.2 Å². The molecule has 3 N–H and O–H groups in total. The van der Waals surface area contributed by atoms with Crippen molar-refractivity contribution in [1.82, 2.24) is 14.9 Å². The second-order valence-corrected chi connectivity index (χ2v) is 4.98. The lowest BCUT2D eigenvalue weighted by Gasteiger charge is -2.27. The van der Waals surface area contributed by atoms with Gasteiger partial charge in [-0.15, -0.1) is 0 Å². The fourth-order valence-corrected chi connectivity index (χ4v) is 2.16. The molecule has 0 unspecified atom stereocenters. The summed E-state index contributed by atoms with van der Waals surface area (Å²) in [5.41, 5.74) is 4.91. The summed E-state index contributed by atoms with van der Waals surface area (Å²) >= 11 is 0. The Morgan fingerprint density at radius 3 is 2.73 bits per heavy atom. The largest absolute Gasteiger partial charge is 0.433 e. The standard InChI is InChI=1S/C13H19F3N6/c14-13(15,16)10-4-5-19-12(21-10)20-7-6-18-11(17)22-8-2-1-3-9-22/h4-5H,1-3,6-9H2,(H2,17,18)(H,19,20,21). The van der Waals surface area contributed by atoms with Crippen LogP contribution in [0.5, 0.6) is 0 Å². The molecule has 1 fully saturated rings. The second kappa shape index (κ2) is 7.28. The summed E-state index contributed by atoms with van der Waals surface area (Å²) in [5.74, 6) is 0.410. The van der Waals surface area contributed by atoms with Gasteiger partial charge in [-0.3, -0.25) is 4.99 Å². The van der Waals surface area contributed by atoms with Crippen LogP contribution in [0.4, 0.5) is 19.1 Å². The first-order valence-electron chi connectivity index (χ1n) is 7.16. The highest BCUT2D eigenvalue weighted by Gasteiger charge is 2.32. The van der Waals surface area contributed by atoms with Gasteiger partial charge >= 0.3 is 6.18 Å². The number of hydrogen-bond donors (Lipinski definition) is 2. The predicted octanol–water partition coefficient (Wildman–Crippen LogP) is 1.71. The van der Waals surface area contributed by atoms with Crippen molar-refractivity contribution in [2.75, 3.05) is 31.5 Å². The molecule has 0 atom stereocenters. The molecule has 2 heterocycles. The van der Waals surface area contributed by atoms with E-state index in [0.717, 1.165) is 38.2 Å². The van der Waals surface area contributed by atoms with Crippen LogP contribution in [-0.4, -0.2) is 47.0 Å². The number of likely N-dealkylation sites (tertiary alicyclic amines) is 1. The van der Waals surface area contributed by atoms with Gasteiger partial charge in [0, 0.05) is 25.8 Å². The number of halogens is 3. The van der Waals surface area contributed by atoms with Gasteiger partial charge in [0.05, 0.1) is 6.54 Å². The monoisotopic (exact) mass is 316 g/mol. The van der Waals surface area contributed by atoms with Crippen LogP contribution in [0.1, 0.15) is 25.0 Å². The Morgan fingerprint density at radius 2 is 2.05 bits per heavy atom. The van der Waals surface area contributed by atoms with Gasteiger partial charge in [0.1, 0.15) is 5.69 Å². The summed E-state index contributed by atoms with van der Waals surface area (Å²) in [6, 6.07) is 0.831. The third kappa shape index (κ3) is 4.74. The summed E-state index contributed by atoms with van der Waals surface area (Å²) in [5, 5.41) is 2.71. The van der Waals surface area contributed by atoms with Crippen LogP contribution < -0.4 is 11.1 Å². The molecule has 0 spiro atoms. The zero-order chi connectivity index (χ0) is 16.0. The Balaban J connectivity index is 1.81. The average Bonchev–Trinajstić information content (AvgIpc) is 2.52. The van der Waals surface area contributed by atoms with Gasteiger partial charge in [-0.2, -0.15) is 13.2 Å². The minimum Gasteiger partial charge on any atom is -0.370 e. The Hall–Kier alpha value is -2.06. The van der Waals surface area contributed by atoms with Gasteiger partial charge in [0.25, 0.3) is 0 Å². The molecule has 0 aromatic carbocycles. The molecule has 1 aromatic heterocycles. The van der Waals surface area contributed by atoms with Gasteiger partial charge in [-0.05, 0) is 25.3 Å². The van der Waals surface area contributed by atoms with Crippen molar-refractivity contribution in [3.05, 3.63) is 18.0 Å². The van der Waals surface area contributed by atoms with Crippen LogP contribution in [-0.2, 0) is 6.18 Å². The lowest BCUT2D eigenvalue weighted by atomic mass is 10.1. The Morgan fingerprint density at radius 1 is 1.32 bits per heavy atom. The summed E-state index contributed by atoms with van der Waals surface area (Å²) < 4.78 is 37.5. The quantitative estimate of drug-likeness (QED) is 0.502. The van der Waals surface area contributed by atoms with Crippen LogP contribution in [0.3, 0.4) is 0 Å². The van der Waals surface area contributed by atoms with Crippen LogP contribution in [0.15, 0.2) is 17.3 Å². The van der Waals surface area contributed by atoms with Gasteiger partial charge in [0.15, 0.2) is 5.96 Å². The lowest BCUT2D eigenvalue weighted by Crippen LogP contribution is -2.41. The van der Waals surface area contributed by atoms with Crippen molar-refractivity contribution >= 4 is 11.9 Å². The van der Waals surface area contributed by atoms with E-state index in [4.69, 9.17) is 5.73 Å². The molecule has 0 aliphatic carbocycles. The minimum absolute atomic E-state index is 0.0680. The highest BCUT2D eigenvalue weighted by molar-refractivity contribution is 5.78. The first kappa shape index (κ1) is 16.3. The number of nitrogens with one attached hydrogen (secondary N) is 1. The number of nitrogens with zero attached hydrogens (tertiary/aromatic N) is 4. The number of piperidine rings is 1. The molecule has 0 saturated carbocycles. The van der Waals surface area contributed by atoms with Gasteiger partial charge in [-0.25, -0.2) is 9.97 Å². The van der Waals surface area contributed by atoms with Crippen molar-refractivity contribution in [2.24, 2.45) is 10.7 Å². The van der Waals surface area contributed by atoms with Crippen LogP contribution >= 0.6 is 0 Å². The molecule has 9 heteroatoms. The molecule has 0 bridgehead atoms. The van der Waals surface area contributed by atoms with Crippen molar-refractivity contribution in [3.63, 3.8) is 0 Å². The van der Waals surface area contributed by atoms with E-state index in [-0.39, 0.29) is 5.95 Å². The molecular weight excluding hydrogens is 297 g/mol. The second-order valence-electron chi connectivity index (χ2n) is 4.98. The number of guanidine groups is 1. The smallest absolute Gasteiger partial charge is 0.370 e. The first-order valence-corrected chi connectivity index (χ1v) is 7.16. The maximum atomic E-state index is 12.5. The van der Waals surface area contributed by atoms with E-state index in [1.54, 1.807) is 0 Å². The SMILES string of the molecule is NC(=NCCNc1nccc(C(F)(F)F)n1)N1CCCCC1. The fourth-order valence-electron chi connectivity index (χ4n) is 2.16. The molecule has 22 heavy (non-hydrogen) atoms. The molecule has 1 saturated heterocycles. The van der Waals surface area contributed by atoms with Gasteiger partial charge in [-0.1, -0.05) is 0 Å². The van der Waals surface area contributed by atoms with E-state index >= 15 is 0 Å². The number of aliphatic imine (C=N–C) groups is 1. The summed E-state index contributed by atoms with van der Waals surface area (Å²) in [4.78, 5) is 13.4. The van der Waals surface area contributed by atoms with Crippen molar-refractivity contribution < 1.29 is 13.2 Å². The number of aromatic nitrogens is 2. The van der Waals surface area contributed by atoms with E-state index in [0.29, 0.717) is 19.0 Å². The Labute approximate surface area is 126 Å².